The van der Waals surface area contributed by atoms with Crippen LogP contribution < -0.4 is 40.8 Å². The maximum atomic E-state index is 4.92. The van der Waals surface area contributed by atoms with E-state index in [2.05, 4.69) is 351 Å². The van der Waals surface area contributed by atoms with Crippen LogP contribution in [0.5, 0.6) is 0 Å². The molecule has 0 N–H and O–H groups in total. The summed E-state index contributed by atoms with van der Waals surface area (Å²) in [6, 6.07) is 42.4. The first-order valence-corrected chi connectivity index (χ1v) is 49.5. The summed E-state index contributed by atoms with van der Waals surface area (Å²) in [4.78, 5) is 35.1. The minimum Gasteiger partial charge on any atom is -0.573 e. The molecule has 0 saturated heterocycles. The SMILES string of the molecule is CC(C)(C)c1ccncc1.CC(C)(C)c1ccncc1.CC(C)(C)c1ccncc1.CC(C)(C)c1ccncc1.CCc1n[n-]c(-c2cccc(-c3[n-]nc(CC(C)C)c3C(C)C)n2)c1C.CCc1n[n-]c(-c2cccc(-c3[n-]nc4c3C3CCC4(C)C3(C)C)n2)c1C.CCc1n[n-]c(-c2cccc(-c3[n-]nc4c3CCCC4)n2)c1C.CCc1n[n-]c(-c2cccc(-c3cc(C(C)(C)C)n[n-]3)n2)c1C.[Pt+2].[Pt+2].[Pt+2].[Pt+2]. The second-order valence-corrected chi connectivity index (χ2v) is 43.1. The van der Waals surface area contributed by atoms with E-state index in [9.17, 15) is 0 Å². The Kier molecular flexibility index (Phi) is 42.1. The van der Waals surface area contributed by atoms with Gasteiger partial charge in [-0.05, 0) is 301 Å². The molecule has 2 bridgehead atoms. The number of aromatic nitrogens is 24. The van der Waals surface area contributed by atoms with E-state index in [4.69, 9.17) is 19.9 Å². The van der Waals surface area contributed by atoms with Gasteiger partial charge in [0.2, 0.25) is 0 Å². The zero-order chi connectivity index (χ0) is 101. The van der Waals surface area contributed by atoms with E-state index in [-0.39, 0.29) is 122 Å². The second kappa shape index (κ2) is 51.1. The summed E-state index contributed by atoms with van der Waals surface area (Å²) < 4.78 is 0. The number of hydrogen-bond donors (Lipinski definition) is 0. The number of hydrogen-bond acceptors (Lipinski definition) is 16. The summed E-state index contributed by atoms with van der Waals surface area (Å²) in [6.07, 6.45) is 26.1. The van der Waals surface area contributed by atoms with Crippen LogP contribution in [0, 0.1) is 39.0 Å². The average molecular weight is 2640 g/mol. The molecular formula is C115H144N24Pt4. The van der Waals surface area contributed by atoms with Crippen molar-refractivity contribution in [2.75, 3.05) is 0 Å². The monoisotopic (exact) mass is 2640 g/mol. The number of nitrogens with zero attached hydrogens (tertiary/aromatic N) is 24. The van der Waals surface area contributed by atoms with Crippen LogP contribution in [0.3, 0.4) is 0 Å². The summed E-state index contributed by atoms with van der Waals surface area (Å²) >= 11 is 0. The zero-order valence-corrected chi connectivity index (χ0v) is 98.3. The van der Waals surface area contributed by atoms with E-state index in [0.717, 1.165) is 198 Å². The first kappa shape index (κ1) is 118. The molecular weight excluding hydrogens is 2500 g/mol. The molecule has 3 aliphatic carbocycles. The summed E-state index contributed by atoms with van der Waals surface area (Å²) in [7, 11) is 0. The van der Waals surface area contributed by atoms with Crippen LogP contribution >= 0.6 is 0 Å². The van der Waals surface area contributed by atoms with Crippen LogP contribution in [0.15, 0.2) is 177 Å². The second-order valence-electron chi connectivity index (χ2n) is 43.1. The molecule has 143 heavy (non-hydrogen) atoms. The molecule has 2 atom stereocenters. The van der Waals surface area contributed by atoms with Gasteiger partial charge in [0.25, 0.3) is 0 Å². The Morgan fingerprint density at radius 1 is 0.343 bits per heavy atom. The van der Waals surface area contributed by atoms with E-state index in [1.807, 2.05) is 135 Å². The summed E-state index contributed by atoms with van der Waals surface area (Å²) in [5.74, 6) is 1.41. The van der Waals surface area contributed by atoms with Gasteiger partial charge in [-0.2, -0.15) is 0 Å². The fourth-order valence-electron chi connectivity index (χ4n) is 17.9. The van der Waals surface area contributed by atoms with Crippen molar-refractivity contribution in [3.8, 4) is 91.1 Å². The number of pyridine rings is 8. The van der Waals surface area contributed by atoms with Crippen molar-refractivity contribution in [3.63, 3.8) is 0 Å². The molecule has 28 heteroatoms. The van der Waals surface area contributed by atoms with Crippen molar-refractivity contribution in [2.45, 2.75) is 323 Å². The van der Waals surface area contributed by atoms with E-state index in [0.29, 0.717) is 17.8 Å². The van der Waals surface area contributed by atoms with E-state index in [1.54, 1.807) is 0 Å². The van der Waals surface area contributed by atoms with Gasteiger partial charge in [-0.1, -0.05) is 256 Å². The fourth-order valence-corrected chi connectivity index (χ4v) is 17.9. The molecule has 2 unspecified atom stereocenters. The van der Waals surface area contributed by atoms with Crippen LogP contribution in [-0.2, 0) is 162 Å². The predicted octanol–water partition coefficient (Wildman–Crippen LogP) is 24.1. The van der Waals surface area contributed by atoms with Crippen molar-refractivity contribution in [1.29, 1.82) is 0 Å². The normalized spacial score (nSPS) is 14.3. The van der Waals surface area contributed by atoms with Gasteiger partial charge in [0.15, 0.2) is 0 Å². The van der Waals surface area contributed by atoms with Crippen molar-refractivity contribution >= 4 is 0 Å². The molecule has 16 aromatic heterocycles. The average Bonchev–Trinajstić information content (AvgIpc) is 1.52. The van der Waals surface area contributed by atoms with E-state index < -0.39 is 0 Å². The Morgan fingerprint density at radius 2 is 0.650 bits per heavy atom. The van der Waals surface area contributed by atoms with E-state index >= 15 is 0 Å². The molecule has 24 nitrogen and oxygen atoms in total. The molecule has 19 rings (SSSR count). The predicted molar refractivity (Wildman–Crippen MR) is 559 cm³/mol. The smallest absolute Gasteiger partial charge is 0.573 e. The molecule has 1 saturated carbocycles. The summed E-state index contributed by atoms with van der Waals surface area (Å²) in [6.45, 7) is 65.3. The Hall–Kier alpha value is -10.4. The van der Waals surface area contributed by atoms with Crippen molar-refractivity contribution in [1.82, 2.24) is 121 Å². The molecule has 764 valence electrons. The summed E-state index contributed by atoms with van der Waals surface area (Å²) in [5, 5.41) is 69.9. The third-order valence-corrected chi connectivity index (χ3v) is 26.9. The topological polar surface area (TPSA) is 319 Å². The first-order valence-electron chi connectivity index (χ1n) is 49.5. The van der Waals surface area contributed by atoms with Gasteiger partial charge in [-0.25, -0.2) is 0 Å². The van der Waals surface area contributed by atoms with Gasteiger partial charge in [0, 0.05) is 106 Å². The molecule has 16 aromatic rings. The Labute approximate surface area is 906 Å². The van der Waals surface area contributed by atoms with Gasteiger partial charge in [-0.3, -0.25) is 39.9 Å². The minimum atomic E-state index is -0.0212. The summed E-state index contributed by atoms with van der Waals surface area (Å²) in [5.41, 5.74) is 37.4. The molecule has 1 fully saturated rings. The Bertz CT molecular complexity index is 6440. The molecule has 0 aromatic carbocycles. The molecule has 3 aliphatic rings. The Balaban J connectivity index is 0.000000205. The molecule has 0 aliphatic heterocycles. The number of rotatable bonds is 15. The van der Waals surface area contributed by atoms with E-state index in [1.165, 1.54) is 70.3 Å². The third kappa shape index (κ3) is 28.7. The van der Waals surface area contributed by atoms with Crippen LogP contribution in [0.4, 0.5) is 0 Å². The van der Waals surface area contributed by atoms with Gasteiger partial charge in [0.1, 0.15) is 0 Å². The molecule has 0 amide bonds. The van der Waals surface area contributed by atoms with Crippen LogP contribution in [-0.4, -0.2) is 80.7 Å². The van der Waals surface area contributed by atoms with Crippen molar-refractivity contribution < 1.29 is 84.3 Å². The molecule has 0 spiro atoms. The molecule has 16 heterocycles. The largest absolute Gasteiger partial charge is 2.00 e. The van der Waals surface area contributed by atoms with Crippen molar-refractivity contribution in [2.24, 2.45) is 11.3 Å². The quantitative estimate of drug-likeness (QED) is 0.0920. The first-order chi connectivity index (χ1) is 65.9. The van der Waals surface area contributed by atoms with Gasteiger partial charge in [0.05, 0.1) is 45.6 Å². The van der Waals surface area contributed by atoms with Crippen LogP contribution in [0.1, 0.15) is 324 Å². The van der Waals surface area contributed by atoms with Gasteiger partial charge >= 0.3 is 84.3 Å². The Morgan fingerprint density at radius 3 is 0.972 bits per heavy atom. The minimum absolute atomic E-state index is 0. The number of fused-ring (bicyclic) bond motifs is 6. The van der Waals surface area contributed by atoms with Crippen molar-refractivity contribution in [3.05, 3.63) is 284 Å². The molecule has 0 radical (unpaired) electrons. The maximum absolute atomic E-state index is 4.92. The fraction of sp³-hybridized carbons (Fsp3) is 0.443. The maximum Gasteiger partial charge on any atom is 2.00 e. The van der Waals surface area contributed by atoms with Gasteiger partial charge in [-0.15, -0.1) is 0 Å². The van der Waals surface area contributed by atoms with Gasteiger partial charge < -0.3 is 81.6 Å². The zero-order valence-electron chi connectivity index (χ0n) is 89.3. The van der Waals surface area contributed by atoms with Crippen LogP contribution in [0.25, 0.3) is 91.1 Å². The number of aryl methyl sites for hydroxylation is 5. The van der Waals surface area contributed by atoms with Crippen LogP contribution in [0.2, 0.25) is 0 Å². The standard InChI is InChI=1S/C22H25N5.C21H27N5.C18H19N5.C18H21N5.4C9H13N.4Pt/c1-6-14-12(2)18(25-24-14)15-8-7-9-16(23-15)19-17-13-10-11-22(5,21(13,3)4)20(17)27-26-19;1-7-15-14(6)20(25-23-15)16-9-8-10-17(22-16)21-19(13(4)5)18(24-26-21)11-12(2)3;1-3-13-11(2)17(22-20-13)15-9-6-10-16(19-15)18-12-7-4-5-8-14(12)21-23-18;1-6-12-11(2)17(23-20-12)14-9-7-8-13(19-14)15-10-16(22-21-15)18(3,4)5;4*1-9(2,3)8-4-6-10-7-5-8;;;;/h7-9,13H,6,10-11H2,1-5H3;8-10,12-13H,7,11H2,1-6H3;6,9-10H,3-5,7-8H2,1-2H3;7-10H,6H2,1-5H3;4*4-7H,1-3H3;;;;/q4*-2;;;;;4*+2. The third-order valence-electron chi connectivity index (χ3n) is 26.9.